The third-order valence-corrected chi connectivity index (χ3v) is 5.81. The van der Waals surface area contributed by atoms with Crippen LogP contribution in [0.3, 0.4) is 0 Å². The average molecular weight is 369 g/mol. The predicted molar refractivity (Wildman–Crippen MR) is 99.6 cm³/mol. The van der Waals surface area contributed by atoms with Crippen LogP contribution in [0.4, 0.5) is 0 Å². The number of rotatable bonds is 6. The van der Waals surface area contributed by atoms with Gasteiger partial charge in [0.25, 0.3) is 0 Å². The summed E-state index contributed by atoms with van der Waals surface area (Å²) >= 11 is 6.28. The van der Waals surface area contributed by atoms with Gasteiger partial charge in [-0.3, -0.25) is 4.90 Å². The predicted octanol–water partition coefficient (Wildman–Crippen LogP) is 2.82. The second-order valence-electron chi connectivity index (χ2n) is 7.07. The summed E-state index contributed by atoms with van der Waals surface area (Å²) in [6.07, 6.45) is 5.36. The van der Waals surface area contributed by atoms with E-state index in [4.69, 9.17) is 21.1 Å². The van der Waals surface area contributed by atoms with E-state index in [1.165, 1.54) is 0 Å². The molecule has 0 unspecified atom stereocenters. The van der Waals surface area contributed by atoms with Gasteiger partial charge >= 0.3 is 0 Å². The molecule has 2 fully saturated rings. The molecule has 140 valence electrons. The first kappa shape index (κ1) is 18.8. The van der Waals surface area contributed by atoms with E-state index >= 15 is 0 Å². The maximum absolute atomic E-state index is 10.1. The van der Waals surface area contributed by atoms with Crippen molar-refractivity contribution in [2.75, 3.05) is 27.3 Å². The van der Waals surface area contributed by atoms with Gasteiger partial charge < -0.3 is 19.9 Å². The van der Waals surface area contributed by atoms with Gasteiger partial charge in [-0.25, -0.2) is 0 Å². The van der Waals surface area contributed by atoms with Gasteiger partial charge in [0.1, 0.15) is 0 Å². The van der Waals surface area contributed by atoms with E-state index in [0.717, 1.165) is 57.3 Å². The first-order chi connectivity index (χ1) is 12.1. The normalized spacial score (nSPS) is 25.3. The molecule has 0 spiro atoms. The Morgan fingerprint density at radius 3 is 2.52 bits per heavy atom. The first-order valence-electron chi connectivity index (χ1n) is 9.18. The highest BCUT2D eigenvalue weighted by Crippen LogP contribution is 2.36. The zero-order valence-corrected chi connectivity index (χ0v) is 15.9. The molecular weight excluding hydrogens is 340 g/mol. The van der Waals surface area contributed by atoms with Crippen molar-refractivity contribution in [3.05, 3.63) is 22.7 Å². The molecule has 2 N–H and O–H groups in total. The number of aliphatic hydroxyl groups excluding tert-OH is 1. The summed E-state index contributed by atoms with van der Waals surface area (Å²) in [6, 6.07) is 4.79. The van der Waals surface area contributed by atoms with Crippen molar-refractivity contribution < 1.29 is 14.6 Å². The van der Waals surface area contributed by atoms with Gasteiger partial charge in [0, 0.05) is 31.7 Å². The Kier molecular flexibility index (Phi) is 6.44. The summed E-state index contributed by atoms with van der Waals surface area (Å²) in [7, 11) is 3.22. The lowest BCUT2D eigenvalue weighted by molar-refractivity contribution is 0.0526. The van der Waals surface area contributed by atoms with Crippen molar-refractivity contribution in [2.45, 2.75) is 56.8 Å². The number of nitrogens with zero attached hydrogens (tertiary/aromatic N) is 1. The topological polar surface area (TPSA) is 54.0 Å². The lowest BCUT2D eigenvalue weighted by Gasteiger charge is -2.37. The zero-order valence-electron chi connectivity index (χ0n) is 15.1. The third kappa shape index (κ3) is 4.40. The molecule has 2 atom stereocenters. The van der Waals surface area contributed by atoms with Crippen molar-refractivity contribution in [3.63, 3.8) is 0 Å². The van der Waals surface area contributed by atoms with Crippen LogP contribution in [0.2, 0.25) is 5.02 Å². The standard InChI is InChI=1S/C19H29ClN2O3/c1-24-18-11-13(10-15(20)19(18)25-2)12-21-14-6-8-22(9-7-14)16-4-3-5-17(16)23/h10-11,14,16-17,21,23H,3-9,12H2,1-2H3/t16-,17-/m1/s1. The van der Waals surface area contributed by atoms with Gasteiger partial charge in [-0.15, -0.1) is 0 Å². The van der Waals surface area contributed by atoms with E-state index in [9.17, 15) is 5.11 Å². The number of piperidine rings is 1. The summed E-state index contributed by atoms with van der Waals surface area (Å²) in [6.45, 7) is 2.88. The van der Waals surface area contributed by atoms with Crippen molar-refractivity contribution in [3.8, 4) is 11.5 Å². The Morgan fingerprint density at radius 2 is 1.92 bits per heavy atom. The molecule has 1 aliphatic heterocycles. The van der Waals surface area contributed by atoms with Crippen molar-refractivity contribution >= 4 is 11.6 Å². The number of aliphatic hydroxyl groups is 1. The molecule has 6 heteroatoms. The molecule has 1 aromatic rings. The fourth-order valence-corrected chi connectivity index (χ4v) is 4.43. The van der Waals surface area contributed by atoms with Crippen LogP contribution in [0.5, 0.6) is 11.5 Å². The average Bonchev–Trinajstić information content (AvgIpc) is 3.05. The molecule has 0 bridgehead atoms. The van der Waals surface area contributed by atoms with Gasteiger partial charge in [-0.05, 0) is 49.8 Å². The van der Waals surface area contributed by atoms with Gasteiger partial charge in [-0.2, -0.15) is 0 Å². The molecule has 1 saturated heterocycles. The van der Waals surface area contributed by atoms with Crippen molar-refractivity contribution in [2.24, 2.45) is 0 Å². The maximum Gasteiger partial charge on any atom is 0.179 e. The van der Waals surface area contributed by atoms with E-state index in [-0.39, 0.29) is 6.10 Å². The summed E-state index contributed by atoms with van der Waals surface area (Å²) in [5.41, 5.74) is 1.09. The summed E-state index contributed by atoms with van der Waals surface area (Å²) in [5, 5.41) is 14.3. The molecule has 0 amide bonds. The SMILES string of the molecule is COc1cc(CNC2CCN([C@@H]3CCC[C@H]3O)CC2)cc(Cl)c1OC. The van der Waals surface area contributed by atoms with Gasteiger partial charge in [-0.1, -0.05) is 11.6 Å². The van der Waals surface area contributed by atoms with Crippen LogP contribution >= 0.6 is 11.6 Å². The number of ether oxygens (including phenoxy) is 2. The number of nitrogens with one attached hydrogen (secondary N) is 1. The van der Waals surface area contributed by atoms with E-state index in [1.807, 2.05) is 12.1 Å². The maximum atomic E-state index is 10.1. The molecule has 2 aliphatic rings. The highest BCUT2D eigenvalue weighted by atomic mass is 35.5. The van der Waals surface area contributed by atoms with Crippen molar-refractivity contribution in [1.29, 1.82) is 0 Å². The number of halogens is 1. The highest BCUT2D eigenvalue weighted by molar-refractivity contribution is 6.32. The summed E-state index contributed by atoms with van der Waals surface area (Å²) in [5.74, 6) is 1.24. The van der Waals surface area contributed by atoms with Crippen LogP contribution in [-0.2, 0) is 6.54 Å². The Hall–Kier alpha value is -1.01. The van der Waals surface area contributed by atoms with E-state index in [1.54, 1.807) is 14.2 Å². The molecule has 1 aliphatic carbocycles. The Balaban J connectivity index is 1.51. The Morgan fingerprint density at radius 1 is 1.16 bits per heavy atom. The largest absolute Gasteiger partial charge is 0.493 e. The monoisotopic (exact) mass is 368 g/mol. The number of likely N-dealkylation sites (tertiary alicyclic amines) is 1. The second-order valence-corrected chi connectivity index (χ2v) is 7.48. The molecule has 0 aromatic heterocycles. The van der Waals surface area contributed by atoms with Crippen molar-refractivity contribution in [1.82, 2.24) is 10.2 Å². The number of hydrogen-bond acceptors (Lipinski definition) is 5. The van der Waals surface area contributed by atoms with Crippen LogP contribution in [0.15, 0.2) is 12.1 Å². The van der Waals surface area contributed by atoms with Crippen LogP contribution in [0, 0.1) is 0 Å². The van der Waals surface area contributed by atoms with Crippen LogP contribution in [0.25, 0.3) is 0 Å². The Bertz CT molecular complexity index is 576. The molecule has 5 nitrogen and oxygen atoms in total. The molecule has 0 radical (unpaired) electrons. The number of methoxy groups -OCH3 is 2. The van der Waals surface area contributed by atoms with Gasteiger partial charge in [0.05, 0.1) is 25.3 Å². The molecule has 3 rings (SSSR count). The summed E-state index contributed by atoms with van der Waals surface area (Å²) < 4.78 is 10.6. The van der Waals surface area contributed by atoms with Crippen LogP contribution < -0.4 is 14.8 Å². The molecule has 1 heterocycles. The number of hydrogen-bond donors (Lipinski definition) is 2. The molecule has 25 heavy (non-hydrogen) atoms. The van der Waals surface area contributed by atoms with Crippen LogP contribution in [-0.4, -0.2) is 55.5 Å². The minimum atomic E-state index is -0.126. The Labute approximate surface area is 155 Å². The third-order valence-electron chi connectivity index (χ3n) is 5.53. The van der Waals surface area contributed by atoms with Gasteiger partial charge in [0.2, 0.25) is 0 Å². The van der Waals surface area contributed by atoms with Crippen LogP contribution in [0.1, 0.15) is 37.7 Å². The quantitative estimate of drug-likeness (QED) is 0.808. The first-order valence-corrected chi connectivity index (χ1v) is 9.56. The lowest BCUT2D eigenvalue weighted by atomic mass is 10.0. The van der Waals surface area contributed by atoms with E-state index in [0.29, 0.717) is 28.6 Å². The van der Waals surface area contributed by atoms with Gasteiger partial charge in [0.15, 0.2) is 11.5 Å². The molecule has 1 saturated carbocycles. The molecular formula is C19H29ClN2O3. The highest BCUT2D eigenvalue weighted by Gasteiger charge is 2.32. The number of benzene rings is 1. The lowest BCUT2D eigenvalue weighted by Crippen LogP contribution is -2.48. The smallest absolute Gasteiger partial charge is 0.179 e. The minimum absolute atomic E-state index is 0.126. The van der Waals surface area contributed by atoms with E-state index in [2.05, 4.69) is 10.2 Å². The summed E-state index contributed by atoms with van der Waals surface area (Å²) in [4.78, 5) is 2.48. The zero-order chi connectivity index (χ0) is 17.8. The fourth-order valence-electron chi connectivity index (χ4n) is 4.12. The minimum Gasteiger partial charge on any atom is -0.493 e. The second kappa shape index (κ2) is 8.58. The molecule has 1 aromatic carbocycles. The van der Waals surface area contributed by atoms with E-state index < -0.39 is 0 Å². The fraction of sp³-hybridized carbons (Fsp3) is 0.684.